The number of aromatic nitrogens is 6. The number of nitrogens with zero attached hydrogens (tertiary/aromatic N) is 6. The maximum Gasteiger partial charge on any atom is 0.246 e. The predicted molar refractivity (Wildman–Crippen MR) is 606 cm³/mol. The van der Waals surface area contributed by atoms with E-state index in [1.165, 1.54) is 138 Å². The number of rotatable bonds is 10. The highest BCUT2D eigenvalue weighted by molar-refractivity contribution is 7.27. The first-order chi connectivity index (χ1) is 71.2. The number of benzene rings is 22. The average Bonchev–Trinajstić information content (AvgIpc) is 1.67. The van der Waals surface area contributed by atoms with E-state index >= 15 is 0 Å². The van der Waals surface area contributed by atoms with E-state index in [1.54, 1.807) is 0 Å². The highest BCUT2D eigenvalue weighted by atomic mass is 32.1. The fourth-order valence-electron chi connectivity index (χ4n) is 21.3. The summed E-state index contributed by atoms with van der Waals surface area (Å²) in [6.45, 7) is 0. The molecule has 0 amide bonds. The molecule has 12 heteroatoms. The summed E-state index contributed by atoms with van der Waals surface area (Å²) in [4.78, 5) is 29.8. The number of fused-ring (bicyclic) bond motifs is 25. The van der Waals surface area contributed by atoms with Crippen molar-refractivity contribution in [3.63, 3.8) is 0 Å². The Hall–Kier alpha value is -18.3. The van der Waals surface area contributed by atoms with Gasteiger partial charge < -0.3 is 13.3 Å². The molecule has 0 unspecified atom stereocenters. The van der Waals surface area contributed by atoms with E-state index in [1.807, 2.05) is 58.3 Å². The van der Waals surface area contributed by atoms with Crippen molar-refractivity contribution in [2.24, 2.45) is 0 Å². The Balaban J connectivity index is 0.000000103. The third-order valence-electron chi connectivity index (χ3n) is 28.4. The Bertz CT molecular complexity index is 10700. The zero-order chi connectivity index (χ0) is 94.6. The first kappa shape index (κ1) is 82.7. The molecule has 144 heavy (non-hydrogen) atoms. The van der Waals surface area contributed by atoms with Crippen molar-refractivity contribution in [1.82, 2.24) is 29.9 Å². The second-order valence-corrected chi connectivity index (χ2v) is 40.1. The predicted octanol–water partition coefficient (Wildman–Crippen LogP) is 37.8. The van der Waals surface area contributed by atoms with Gasteiger partial charge in [0.05, 0.1) is 33.1 Å². The summed E-state index contributed by atoms with van der Waals surface area (Å²) < 4.78 is 26.7. The van der Waals surface area contributed by atoms with Gasteiger partial charge >= 0.3 is 0 Å². The van der Waals surface area contributed by atoms with E-state index in [0.29, 0.717) is 17.1 Å². The summed E-state index contributed by atoms with van der Waals surface area (Å²) in [5, 5.41) is 17.7. The average molecular weight is 1890 g/mol. The molecule has 0 saturated carbocycles. The van der Waals surface area contributed by atoms with Crippen LogP contribution in [0.5, 0.6) is 0 Å². The molecular formula is C132H76N6O3S3. The number of thiophene rings is 3. The highest BCUT2D eigenvalue weighted by Crippen LogP contribution is 2.49. The lowest BCUT2D eigenvalue weighted by Gasteiger charge is -2.10. The topological polar surface area (TPSA) is 117 Å². The first-order valence-electron chi connectivity index (χ1n) is 48.3. The van der Waals surface area contributed by atoms with Gasteiger partial charge in [0.15, 0.2) is 0 Å². The number of hydrogen-bond acceptors (Lipinski definition) is 12. The van der Waals surface area contributed by atoms with Crippen LogP contribution in [-0.2, 0) is 0 Å². The zero-order valence-corrected chi connectivity index (χ0v) is 79.5. The van der Waals surface area contributed by atoms with Crippen molar-refractivity contribution >= 4 is 227 Å². The van der Waals surface area contributed by atoms with Crippen LogP contribution in [0, 0.1) is 0 Å². The smallest absolute Gasteiger partial charge is 0.246 e. The third-order valence-corrected chi connectivity index (χ3v) is 32.1. The SMILES string of the molecule is c1cc(-c2cccc(-c3cccc4c3sc3ccccc34)c2)cc(-c2ccc3nc4c(nc3c2)oc2c3ccccc3ccc42)c1.c1cc(-c2cccc(-c3cccc4c3sc3ccccc34)c2)cc(-c2ccc3nc4c(nc3c2)oc2cc3ccccc3cc24)c1.c1ccc(-c2cccc3c2sc2c(-c4cccc(-c5cccc(-c6ccc7nc8c(nc7c6)oc6cc7ccccc7cc68)c5)c4)cccc23)cc1. The van der Waals surface area contributed by atoms with Crippen LogP contribution in [0.25, 0.3) is 304 Å². The van der Waals surface area contributed by atoms with Crippen molar-refractivity contribution in [2.45, 2.75) is 0 Å². The summed E-state index contributed by atoms with van der Waals surface area (Å²) in [6, 6.07) is 164. The van der Waals surface area contributed by atoms with E-state index < -0.39 is 0 Å². The van der Waals surface area contributed by atoms with Gasteiger partial charge in [0.1, 0.15) is 33.3 Å². The molecule has 22 aromatic carbocycles. The summed E-state index contributed by atoms with van der Waals surface area (Å²) in [5.74, 6) is 0. The lowest BCUT2D eigenvalue weighted by Crippen LogP contribution is -1.87. The summed E-state index contributed by atoms with van der Waals surface area (Å²) in [7, 11) is 0. The molecule has 0 spiro atoms. The summed E-state index contributed by atoms with van der Waals surface area (Å²) in [5.41, 5.74) is 35.3. The fourth-order valence-corrected chi connectivity index (χ4v) is 25.1. The Labute approximate surface area is 835 Å². The van der Waals surface area contributed by atoms with Crippen LogP contribution in [0.2, 0.25) is 0 Å². The Kier molecular flexibility index (Phi) is 19.4. The molecule has 0 fully saturated rings. The molecule has 0 aliphatic heterocycles. The Morgan fingerprint density at radius 2 is 0.438 bits per heavy atom. The van der Waals surface area contributed by atoms with E-state index in [-0.39, 0.29) is 0 Å². The standard InChI is InChI=1S/C48H28N2OS.2C42H24N2OS/c1-2-10-29(11-3-1)37-18-8-20-39-40-21-9-19-38(47(40)52-46(37)39)36-17-7-16-32(25-36)30-14-6-15-31(24-30)35-22-23-42-43(27-35)50-48-45(49-42)41-26-33-12-4-5-13-34(33)28-44(41)51-48;1-2-13-31-25(8-1)18-20-35-39-42(45-40(31)35)44-37-24-29(19-21-36(37)43-39)27-10-5-9-26(22-27)28-11-6-12-30(23-28)32-15-7-16-34-33-14-3-4-17-38(33)46-41(32)34;1-2-9-29-24-38-35(22-28(29)8-1)40-42(45-38)44-37-23-30(18-19-36(37)43-40)26-11-5-10-25(20-26)27-12-6-13-31(21-27)32-15-7-16-34-33-14-3-4-17-39(33)46-41(32)34/h1-28H;2*1-24H. The van der Waals surface area contributed by atoms with Crippen LogP contribution < -0.4 is 0 Å². The van der Waals surface area contributed by atoms with Gasteiger partial charge in [0, 0.05) is 82.1 Å². The van der Waals surface area contributed by atoms with Crippen LogP contribution in [0.15, 0.2) is 474 Å². The zero-order valence-electron chi connectivity index (χ0n) is 77.0. The molecule has 0 aliphatic rings. The molecule has 670 valence electrons. The monoisotopic (exact) mass is 1890 g/mol. The van der Waals surface area contributed by atoms with Gasteiger partial charge in [-0.05, 0) is 253 Å². The first-order valence-corrected chi connectivity index (χ1v) is 50.7. The van der Waals surface area contributed by atoms with E-state index in [2.05, 4.69) is 437 Å². The van der Waals surface area contributed by atoms with Gasteiger partial charge in [-0.2, -0.15) is 0 Å². The van der Waals surface area contributed by atoms with Crippen molar-refractivity contribution in [3.05, 3.63) is 461 Å². The fraction of sp³-hybridized carbons (Fsp3) is 0. The molecule has 31 aromatic rings. The quantitative estimate of drug-likeness (QED) is 0.132. The van der Waals surface area contributed by atoms with Gasteiger partial charge in [-0.1, -0.05) is 346 Å². The molecule has 31 rings (SSSR count). The highest BCUT2D eigenvalue weighted by Gasteiger charge is 2.23. The normalized spacial score (nSPS) is 11.9. The third kappa shape index (κ3) is 14.3. The van der Waals surface area contributed by atoms with Crippen LogP contribution >= 0.6 is 34.0 Å². The molecule has 9 nitrogen and oxygen atoms in total. The van der Waals surface area contributed by atoms with Gasteiger partial charge in [-0.15, -0.1) is 34.0 Å². The molecule has 0 saturated heterocycles. The van der Waals surface area contributed by atoms with E-state index in [4.69, 9.17) is 43.2 Å². The maximum atomic E-state index is 6.31. The lowest BCUT2D eigenvalue weighted by molar-refractivity contribution is 0.655. The molecule has 0 aliphatic carbocycles. The Morgan fingerprint density at radius 1 is 0.153 bits per heavy atom. The number of furan rings is 3. The second kappa shape index (κ2) is 33.8. The van der Waals surface area contributed by atoms with Crippen molar-refractivity contribution < 1.29 is 13.3 Å². The molecule has 9 heterocycles. The maximum absolute atomic E-state index is 6.31. The molecule has 0 radical (unpaired) electrons. The van der Waals surface area contributed by atoms with Crippen molar-refractivity contribution in [3.8, 4) is 111 Å². The van der Waals surface area contributed by atoms with Gasteiger partial charge in [0.2, 0.25) is 17.1 Å². The minimum absolute atomic E-state index is 0.561. The van der Waals surface area contributed by atoms with Crippen molar-refractivity contribution in [2.75, 3.05) is 0 Å². The largest absolute Gasteiger partial charge is 0.436 e. The van der Waals surface area contributed by atoms with Crippen LogP contribution in [0.4, 0.5) is 0 Å². The van der Waals surface area contributed by atoms with Gasteiger partial charge in [-0.25, -0.2) is 29.9 Å². The van der Waals surface area contributed by atoms with Crippen molar-refractivity contribution in [1.29, 1.82) is 0 Å². The molecular weight excluding hydrogens is 1810 g/mol. The minimum Gasteiger partial charge on any atom is -0.436 e. The minimum atomic E-state index is 0.561. The van der Waals surface area contributed by atoms with E-state index in [9.17, 15) is 0 Å². The second-order valence-electron chi connectivity index (χ2n) is 37.0. The van der Waals surface area contributed by atoms with Gasteiger partial charge in [0.25, 0.3) is 0 Å². The van der Waals surface area contributed by atoms with Crippen LogP contribution in [0.1, 0.15) is 0 Å². The molecule has 0 N–H and O–H groups in total. The summed E-state index contributed by atoms with van der Waals surface area (Å²) >= 11 is 5.63. The lowest BCUT2D eigenvalue weighted by atomic mass is 9.95. The molecule has 0 atom stereocenters. The summed E-state index contributed by atoms with van der Waals surface area (Å²) in [6.07, 6.45) is 0. The molecule has 0 bridgehead atoms. The van der Waals surface area contributed by atoms with Crippen LogP contribution in [-0.4, -0.2) is 29.9 Å². The van der Waals surface area contributed by atoms with E-state index in [0.717, 1.165) is 148 Å². The molecule has 9 aromatic heterocycles. The van der Waals surface area contributed by atoms with Gasteiger partial charge in [-0.3, -0.25) is 0 Å². The Morgan fingerprint density at radius 3 is 0.840 bits per heavy atom. The van der Waals surface area contributed by atoms with Crippen LogP contribution in [0.3, 0.4) is 0 Å². The number of hydrogen-bond donors (Lipinski definition) is 0.